The van der Waals surface area contributed by atoms with E-state index in [4.69, 9.17) is 0 Å². The van der Waals surface area contributed by atoms with Crippen molar-refractivity contribution in [2.75, 3.05) is 0 Å². The van der Waals surface area contributed by atoms with Crippen LogP contribution in [0, 0.1) is 0 Å². The molecule has 0 radical (unpaired) electrons. The van der Waals surface area contributed by atoms with Crippen molar-refractivity contribution in [1.82, 2.24) is 0 Å². The van der Waals surface area contributed by atoms with Gasteiger partial charge in [0, 0.05) is 5.39 Å². The van der Waals surface area contributed by atoms with E-state index in [9.17, 15) is 13.0 Å². The Kier molecular flexibility index (Phi) is 5.29. The number of benzene rings is 3. The molecule has 0 heterocycles. The van der Waals surface area contributed by atoms with Crippen LogP contribution in [0.15, 0.2) is 60.0 Å². The Bertz CT molecular complexity index is 991. The zero-order valence-electron chi connectivity index (χ0n) is 12.5. The summed E-state index contributed by atoms with van der Waals surface area (Å²) in [5, 5.41) is 3.08. The van der Waals surface area contributed by atoms with Crippen LogP contribution < -0.4 is 51.4 Å². The maximum absolute atomic E-state index is 11.7. The van der Waals surface area contributed by atoms with Crippen molar-refractivity contribution in [3.8, 4) is 0 Å². The number of allylic oxidation sites excluding steroid dienone is 1. The number of rotatable bonds is 2. The second kappa shape index (κ2) is 6.53. The molecule has 0 bridgehead atoms. The number of fused-ring (bicyclic) bond motifs is 2. The molecule has 0 fully saturated rings. The molecule has 3 nitrogen and oxygen atoms in total. The predicted molar refractivity (Wildman–Crippen MR) is 84.1 cm³/mol. The predicted octanol–water partition coefficient (Wildman–Crippen LogP) is 0.934. The maximum Gasteiger partial charge on any atom is 1.00 e. The van der Waals surface area contributed by atoms with Crippen molar-refractivity contribution in [2.24, 2.45) is 0 Å². The van der Waals surface area contributed by atoms with Crippen LogP contribution in [0.2, 0.25) is 0 Å². The van der Waals surface area contributed by atoms with Crippen LogP contribution in [-0.4, -0.2) is 13.0 Å². The molecule has 106 valence electrons. The molecule has 0 aliphatic carbocycles. The van der Waals surface area contributed by atoms with Gasteiger partial charge in [-0.2, -0.15) is 0 Å². The topological polar surface area (TPSA) is 57.2 Å². The van der Waals surface area contributed by atoms with Gasteiger partial charge < -0.3 is 4.55 Å². The van der Waals surface area contributed by atoms with Gasteiger partial charge in [0.25, 0.3) is 0 Å². The van der Waals surface area contributed by atoms with Crippen LogP contribution in [0.1, 0.15) is 12.5 Å². The zero-order chi connectivity index (χ0) is 15.2. The molecule has 0 atom stereocenters. The SMILES string of the molecule is C=C(C)c1ccc2cc3ccccc3cc2c1S(=O)(=O)[O-].[K+]. The summed E-state index contributed by atoms with van der Waals surface area (Å²) in [5.74, 6) is 0. The van der Waals surface area contributed by atoms with Crippen LogP contribution in [0.3, 0.4) is 0 Å². The van der Waals surface area contributed by atoms with Crippen molar-refractivity contribution < 1.29 is 64.4 Å². The summed E-state index contributed by atoms with van der Waals surface area (Å²) >= 11 is 0. The van der Waals surface area contributed by atoms with Crippen LogP contribution >= 0.6 is 0 Å². The summed E-state index contributed by atoms with van der Waals surface area (Å²) < 4.78 is 35.1. The summed E-state index contributed by atoms with van der Waals surface area (Å²) in [6, 6.07) is 14.7. The molecule has 5 heteroatoms. The van der Waals surface area contributed by atoms with Crippen LogP contribution in [0.5, 0.6) is 0 Å². The third-order valence-corrected chi connectivity index (χ3v) is 4.49. The van der Waals surface area contributed by atoms with E-state index in [0.717, 1.165) is 16.2 Å². The fourth-order valence-corrected chi connectivity index (χ4v) is 3.55. The maximum atomic E-state index is 11.7. The molecular weight excluding hydrogens is 323 g/mol. The molecule has 3 aromatic carbocycles. The third kappa shape index (κ3) is 3.21. The average Bonchev–Trinajstić information content (AvgIpc) is 2.42. The first-order valence-electron chi connectivity index (χ1n) is 6.45. The molecule has 0 aromatic heterocycles. The molecule has 22 heavy (non-hydrogen) atoms. The molecule has 0 aliphatic heterocycles. The molecule has 0 unspecified atom stereocenters. The first-order chi connectivity index (χ1) is 9.88. The smallest absolute Gasteiger partial charge is 0.744 e. The van der Waals surface area contributed by atoms with E-state index in [1.165, 1.54) is 0 Å². The second-order valence-corrected chi connectivity index (χ2v) is 6.41. The summed E-state index contributed by atoms with van der Waals surface area (Å²) in [6.45, 7) is 5.46. The first-order valence-corrected chi connectivity index (χ1v) is 7.86. The molecule has 3 aromatic rings. The summed E-state index contributed by atoms with van der Waals surface area (Å²) in [7, 11) is -4.58. The second-order valence-electron chi connectivity index (χ2n) is 5.10. The van der Waals surface area contributed by atoms with Gasteiger partial charge in [-0.05, 0) is 46.4 Å². The van der Waals surface area contributed by atoms with Gasteiger partial charge in [0.2, 0.25) is 0 Å². The summed E-state index contributed by atoms with van der Waals surface area (Å²) in [4.78, 5) is -0.182. The van der Waals surface area contributed by atoms with E-state index in [1.54, 1.807) is 19.1 Å². The van der Waals surface area contributed by atoms with Crippen LogP contribution in [-0.2, 0) is 10.1 Å². The monoisotopic (exact) mass is 336 g/mol. The Morgan fingerprint density at radius 3 is 2.14 bits per heavy atom. The van der Waals surface area contributed by atoms with Crippen LogP contribution in [0.25, 0.3) is 27.1 Å². The first kappa shape index (κ1) is 17.8. The normalized spacial score (nSPS) is 11.4. The summed E-state index contributed by atoms with van der Waals surface area (Å²) in [5.41, 5.74) is 0.937. The largest absolute Gasteiger partial charge is 1.00 e. The van der Waals surface area contributed by atoms with Gasteiger partial charge >= 0.3 is 51.4 Å². The van der Waals surface area contributed by atoms with E-state index in [-0.39, 0.29) is 56.3 Å². The van der Waals surface area contributed by atoms with Gasteiger partial charge in [0.1, 0.15) is 10.1 Å². The Morgan fingerprint density at radius 2 is 1.59 bits per heavy atom. The minimum atomic E-state index is -4.58. The van der Waals surface area contributed by atoms with E-state index >= 15 is 0 Å². The third-order valence-electron chi connectivity index (χ3n) is 3.55. The minimum absolute atomic E-state index is 0. The quantitative estimate of drug-likeness (QED) is 0.397. The van der Waals surface area contributed by atoms with Gasteiger partial charge in [-0.3, -0.25) is 0 Å². The van der Waals surface area contributed by atoms with Crippen LogP contribution in [0.4, 0.5) is 0 Å². The molecule has 0 saturated heterocycles. The Balaban J connectivity index is 0.00000176. The summed E-state index contributed by atoms with van der Waals surface area (Å²) in [6.07, 6.45) is 0. The minimum Gasteiger partial charge on any atom is -0.744 e. The van der Waals surface area contributed by atoms with Gasteiger partial charge in [0.05, 0.1) is 4.90 Å². The molecule has 0 N–H and O–H groups in total. The molecular formula is C17H13KO3S. The van der Waals surface area contributed by atoms with Gasteiger partial charge in [-0.25, -0.2) is 8.42 Å². The van der Waals surface area contributed by atoms with Gasteiger partial charge in [0.15, 0.2) is 0 Å². The van der Waals surface area contributed by atoms with E-state index in [1.807, 2.05) is 36.4 Å². The van der Waals surface area contributed by atoms with Crippen molar-refractivity contribution in [3.05, 3.63) is 60.7 Å². The Hall–Kier alpha value is -0.534. The van der Waals surface area contributed by atoms with Gasteiger partial charge in [-0.1, -0.05) is 43.0 Å². The van der Waals surface area contributed by atoms with Crippen molar-refractivity contribution >= 4 is 37.2 Å². The fourth-order valence-electron chi connectivity index (χ4n) is 2.59. The number of hydrogen-bond donors (Lipinski definition) is 0. The Morgan fingerprint density at radius 1 is 1.00 bits per heavy atom. The van der Waals surface area contributed by atoms with E-state index < -0.39 is 10.1 Å². The average molecular weight is 336 g/mol. The zero-order valence-corrected chi connectivity index (χ0v) is 16.4. The van der Waals surface area contributed by atoms with E-state index in [0.29, 0.717) is 16.5 Å². The molecule has 0 amide bonds. The van der Waals surface area contributed by atoms with E-state index in [2.05, 4.69) is 6.58 Å². The number of hydrogen-bond acceptors (Lipinski definition) is 3. The molecule has 0 saturated carbocycles. The molecule has 0 aliphatic rings. The van der Waals surface area contributed by atoms with Crippen molar-refractivity contribution in [2.45, 2.75) is 11.8 Å². The molecule has 3 rings (SSSR count). The van der Waals surface area contributed by atoms with Gasteiger partial charge in [-0.15, -0.1) is 0 Å². The fraction of sp³-hybridized carbons (Fsp3) is 0.0588. The standard InChI is InChI=1S/C17H14O3S.K/c1-11(2)15-8-7-14-9-12-5-3-4-6-13(12)10-16(14)17(15)21(18,19)20;/h3-10H,1H2,2H3,(H,18,19,20);/q;+1/p-1. The Labute approximate surface area is 172 Å². The van der Waals surface area contributed by atoms with Crippen molar-refractivity contribution in [3.63, 3.8) is 0 Å². The molecule has 0 spiro atoms. The van der Waals surface area contributed by atoms with Crippen molar-refractivity contribution in [1.29, 1.82) is 0 Å².